The molecule has 0 unspecified atom stereocenters. The van der Waals surface area contributed by atoms with Gasteiger partial charge in [-0.1, -0.05) is 12.8 Å². The first-order chi connectivity index (χ1) is 9.20. The lowest BCUT2D eigenvalue weighted by molar-refractivity contribution is 0.0696. The molecular formula is C15H21NO3. The summed E-state index contributed by atoms with van der Waals surface area (Å²) in [6, 6.07) is 5.07. The van der Waals surface area contributed by atoms with E-state index >= 15 is 0 Å². The maximum Gasteiger partial charge on any atom is 0.335 e. The van der Waals surface area contributed by atoms with Gasteiger partial charge in [0.25, 0.3) is 0 Å². The van der Waals surface area contributed by atoms with Gasteiger partial charge in [0.2, 0.25) is 0 Å². The van der Waals surface area contributed by atoms with Gasteiger partial charge < -0.3 is 9.84 Å². The Hall–Kier alpha value is -1.55. The molecule has 1 aromatic carbocycles. The quantitative estimate of drug-likeness (QED) is 0.907. The van der Waals surface area contributed by atoms with Crippen LogP contribution in [0.5, 0.6) is 5.75 Å². The summed E-state index contributed by atoms with van der Waals surface area (Å²) >= 11 is 0. The van der Waals surface area contributed by atoms with Gasteiger partial charge in [-0.3, -0.25) is 4.90 Å². The predicted octanol–water partition coefficient (Wildman–Crippen LogP) is 2.77. The SMILES string of the molecule is COc1ccc(C(=O)O)cc1CN1CCCCCC1. The van der Waals surface area contributed by atoms with E-state index in [-0.39, 0.29) is 0 Å². The normalized spacial score (nSPS) is 16.9. The van der Waals surface area contributed by atoms with E-state index in [4.69, 9.17) is 9.84 Å². The molecule has 0 spiro atoms. The molecule has 1 aromatic rings. The molecule has 1 N–H and O–H groups in total. The number of hydrogen-bond acceptors (Lipinski definition) is 3. The Morgan fingerprint density at radius 1 is 1.26 bits per heavy atom. The zero-order valence-electron chi connectivity index (χ0n) is 11.4. The van der Waals surface area contributed by atoms with Crippen molar-refractivity contribution in [1.29, 1.82) is 0 Å². The van der Waals surface area contributed by atoms with Crippen molar-refractivity contribution in [3.05, 3.63) is 29.3 Å². The highest BCUT2D eigenvalue weighted by Gasteiger charge is 2.14. The fourth-order valence-electron chi connectivity index (χ4n) is 2.57. The van der Waals surface area contributed by atoms with Crippen LogP contribution in [0.25, 0.3) is 0 Å². The lowest BCUT2D eigenvalue weighted by Crippen LogP contribution is -2.24. The highest BCUT2D eigenvalue weighted by Crippen LogP contribution is 2.23. The number of likely N-dealkylation sites (tertiary alicyclic amines) is 1. The van der Waals surface area contributed by atoms with Gasteiger partial charge in [-0.15, -0.1) is 0 Å². The molecule has 1 fully saturated rings. The first-order valence-electron chi connectivity index (χ1n) is 6.83. The second-order valence-corrected chi connectivity index (χ2v) is 5.02. The van der Waals surface area contributed by atoms with Crippen LogP contribution in [0.4, 0.5) is 0 Å². The van der Waals surface area contributed by atoms with Gasteiger partial charge in [0.1, 0.15) is 5.75 Å². The summed E-state index contributed by atoms with van der Waals surface area (Å²) in [7, 11) is 1.63. The zero-order valence-corrected chi connectivity index (χ0v) is 11.4. The summed E-state index contributed by atoms with van der Waals surface area (Å²) in [5.41, 5.74) is 1.29. The lowest BCUT2D eigenvalue weighted by atomic mass is 10.1. The number of hydrogen-bond donors (Lipinski definition) is 1. The number of carboxylic acids is 1. The van der Waals surface area contributed by atoms with Crippen LogP contribution in [-0.4, -0.2) is 36.2 Å². The zero-order chi connectivity index (χ0) is 13.7. The molecule has 1 aliphatic heterocycles. The van der Waals surface area contributed by atoms with Gasteiger partial charge >= 0.3 is 5.97 Å². The highest BCUT2D eigenvalue weighted by molar-refractivity contribution is 5.88. The minimum atomic E-state index is -0.889. The third kappa shape index (κ3) is 3.70. The smallest absolute Gasteiger partial charge is 0.335 e. The van der Waals surface area contributed by atoms with E-state index in [0.717, 1.165) is 30.9 Å². The summed E-state index contributed by atoms with van der Waals surface area (Å²) in [5, 5.41) is 9.07. The number of benzene rings is 1. The minimum Gasteiger partial charge on any atom is -0.496 e. The summed E-state index contributed by atoms with van der Waals surface area (Å²) in [4.78, 5) is 13.4. The molecule has 1 aliphatic rings. The Bertz CT molecular complexity index is 437. The Morgan fingerprint density at radius 2 is 1.95 bits per heavy atom. The summed E-state index contributed by atoms with van der Waals surface area (Å²) in [6.07, 6.45) is 5.04. The maximum atomic E-state index is 11.0. The molecule has 0 radical (unpaired) electrons. The van der Waals surface area contributed by atoms with E-state index in [1.807, 2.05) is 0 Å². The standard InChI is InChI=1S/C15H21NO3/c1-19-14-7-6-12(15(17)18)10-13(14)11-16-8-4-2-3-5-9-16/h6-7,10H,2-5,8-9,11H2,1H3,(H,17,18). The van der Waals surface area contributed by atoms with Crippen LogP contribution in [0.15, 0.2) is 18.2 Å². The van der Waals surface area contributed by atoms with Gasteiger partial charge in [-0.2, -0.15) is 0 Å². The third-order valence-electron chi connectivity index (χ3n) is 3.62. The monoisotopic (exact) mass is 263 g/mol. The Morgan fingerprint density at radius 3 is 2.53 bits per heavy atom. The topological polar surface area (TPSA) is 49.8 Å². The number of methoxy groups -OCH3 is 1. The molecule has 2 rings (SSSR count). The van der Waals surface area contributed by atoms with E-state index in [1.165, 1.54) is 25.7 Å². The molecule has 0 saturated carbocycles. The van der Waals surface area contributed by atoms with Crippen molar-refractivity contribution in [3.63, 3.8) is 0 Å². The van der Waals surface area contributed by atoms with Crippen LogP contribution in [0.1, 0.15) is 41.6 Å². The number of aromatic carboxylic acids is 1. The number of rotatable bonds is 4. The molecule has 1 saturated heterocycles. The van der Waals surface area contributed by atoms with Crippen molar-refractivity contribution in [2.75, 3.05) is 20.2 Å². The van der Waals surface area contributed by atoms with Crippen LogP contribution >= 0.6 is 0 Å². The summed E-state index contributed by atoms with van der Waals surface area (Å²) < 4.78 is 5.33. The molecule has 104 valence electrons. The van der Waals surface area contributed by atoms with E-state index in [9.17, 15) is 4.79 Å². The molecular weight excluding hydrogens is 242 g/mol. The number of carboxylic acid groups (broad SMARTS) is 1. The fourth-order valence-corrected chi connectivity index (χ4v) is 2.57. The average molecular weight is 263 g/mol. The number of carbonyl (C=O) groups is 1. The molecule has 0 aliphatic carbocycles. The molecule has 0 bridgehead atoms. The molecule has 4 nitrogen and oxygen atoms in total. The van der Waals surface area contributed by atoms with E-state index < -0.39 is 5.97 Å². The molecule has 0 atom stereocenters. The lowest BCUT2D eigenvalue weighted by Gasteiger charge is -2.21. The van der Waals surface area contributed by atoms with Crippen molar-refractivity contribution in [2.24, 2.45) is 0 Å². The van der Waals surface area contributed by atoms with E-state index in [2.05, 4.69) is 4.90 Å². The second kappa shape index (κ2) is 6.57. The Balaban J connectivity index is 2.16. The molecule has 19 heavy (non-hydrogen) atoms. The third-order valence-corrected chi connectivity index (χ3v) is 3.62. The Labute approximate surface area is 114 Å². The van der Waals surface area contributed by atoms with Crippen molar-refractivity contribution in [1.82, 2.24) is 4.90 Å². The van der Waals surface area contributed by atoms with Crippen LogP contribution in [-0.2, 0) is 6.54 Å². The maximum absolute atomic E-state index is 11.0. The van der Waals surface area contributed by atoms with Gasteiger partial charge in [0.15, 0.2) is 0 Å². The largest absolute Gasteiger partial charge is 0.496 e. The second-order valence-electron chi connectivity index (χ2n) is 5.02. The fraction of sp³-hybridized carbons (Fsp3) is 0.533. The van der Waals surface area contributed by atoms with Crippen molar-refractivity contribution < 1.29 is 14.6 Å². The van der Waals surface area contributed by atoms with Gasteiger partial charge in [0, 0.05) is 12.1 Å². The van der Waals surface area contributed by atoms with Crippen molar-refractivity contribution >= 4 is 5.97 Å². The minimum absolute atomic E-state index is 0.325. The van der Waals surface area contributed by atoms with E-state index in [1.54, 1.807) is 25.3 Å². The molecule has 0 aromatic heterocycles. The molecule has 0 amide bonds. The summed E-state index contributed by atoms with van der Waals surface area (Å²) in [6.45, 7) is 2.94. The Kier molecular flexibility index (Phi) is 4.80. The first-order valence-corrected chi connectivity index (χ1v) is 6.83. The number of nitrogens with zero attached hydrogens (tertiary/aromatic N) is 1. The van der Waals surface area contributed by atoms with Crippen LogP contribution in [0.3, 0.4) is 0 Å². The highest BCUT2D eigenvalue weighted by atomic mass is 16.5. The van der Waals surface area contributed by atoms with E-state index in [0.29, 0.717) is 5.56 Å². The molecule has 1 heterocycles. The molecule has 4 heteroatoms. The first kappa shape index (κ1) is 13.9. The summed E-state index contributed by atoms with van der Waals surface area (Å²) in [5.74, 6) is -0.117. The van der Waals surface area contributed by atoms with Gasteiger partial charge in [-0.05, 0) is 44.1 Å². The van der Waals surface area contributed by atoms with Crippen LogP contribution in [0.2, 0.25) is 0 Å². The van der Waals surface area contributed by atoms with Crippen molar-refractivity contribution in [3.8, 4) is 5.75 Å². The average Bonchev–Trinajstić information content (AvgIpc) is 2.67. The van der Waals surface area contributed by atoms with Crippen molar-refractivity contribution in [2.45, 2.75) is 32.2 Å². The number of ether oxygens (including phenoxy) is 1. The van der Waals surface area contributed by atoms with Gasteiger partial charge in [0.05, 0.1) is 12.7 Å². The van der Waals surface area contributed by atoms with Crippen LogP contribution < -0.4 is 4.74 Å². The van der Waals surface area contributed by atoms with Crippen LogP contribution in [0, 0.1) is 0 Å². The predicted molar refractivity (Wildman–Crippen MR) is 73.7 cm³/mol. The van der Waals surface area contributed by atoms with Gasteiger partial charge in [-0.25, -0.2) is 4.79 Å².